The number of anilines is 2. The molecule has 0 spiro atoms. The first kappa shape index (κ1) is 18.8. The fourth-order valence-corrected chi connectivity index (χ4v) is 2.41. The summed E-state index contributed by atoms with van der Waals surface area (Å²) in [5.41, 5.74) is -0.230. The Labute approximate surface area is 160 Å². The fourth-order valence-electron chi connectivity index (χ4n) is 2.23. The van der Waals surface area contributed by atoms with Crippen LogP contribution in [0.3, 0.4) is 0 Å². The first-order chi connectivity index (χ1) is 12.7. The Morgan fingerprint density at radius 3 is 2.70 bits per heavy atom. The van der Waals surface area contributed by atoms with Gasteiger partial charge in [0.05, 0.1) is 21.6 Å². The zero-order valence-corrected chi connectivity index (χ0v) is 15.6. The maximum absolute atomic E-state index is 14.2. The van der Waals surface area contributed by atoms with Crippen LogP contribution in [0.2, 0.25) is 5.02 Å². The lowest BCUT2D eigenvalue weighted by Crippen LogP contribution is -2.25. The number of carbonyl (C=O) groups is 1. The van der Waals surface area contributed by atoms with Crippen molar-refractivity contribution in [1.29, 1.82) is 0 Å². The second kappa shape index (κ2) is 7.00. The molecule has 0 saturated heterocycles. The second-order valence-corrected chi connectivity index (χ2v) is 7.33. The van der Waals surface area contributed by atoms with Crippen LogP contribution < -0.4 is 10.1 Å². The molecule has 0 aliphatic carbocycles. The molecule has 0 fully saturated rings. The Morgan fingerprint density at radius 1 is 1.26 bits per heavy atom. The molecule has 0 saturated carbocycles. The number of hydrogen-bond donors (Lipinski definition) is 2. The average molecular weight is 390 g/mol. The smallest absolute Gasteiger partial charge is 0.316 e. The molecular formula is C19H17ClFN3O3. The topological polar surface area (TPSA) is 84.3 Å². The summed E-state index contributed by atoms with van der Waals surface area (Å²) in [6, 6.07) is 7.32. The van der Waals surface area contributed by atoms with E-state index in [4.69, 9.17) is 16.3 Å². The van der Waals surface area contributed by atoms with Crippen LogP contribution in [0.1, 0.15) is 20.8 Å². The number of carbonyl (C=O) groups excluding carboxylic acids is 1. The molecule has 0 aliphatic rings. The largest absolute Gasteiger partial charge is 0.504 e. The van der Waals surface area contributed by atoms with Crippen molar-refractivity contribution in [2.75, 3.05) is 5.32 Å². The maximum atomic E-state index is 14.2. The van der Waals surface area contributed by atoms with Crippen LogP contribution in [0.5, 0.6) is 11.5 Å². The van der Waals surface area contributed by atoms with Crippen LogP contribution in [0.4, 0.5) is 15.9 Å². The van der Waals surface area contributed by atoms with Crippen LogP contribution in [-0.4, -0.2) is 21.0 Å². The minimum Gasteiger partial charge on any atom is -0.504 e. The van der Waals surface area contributed by atoms with Crippen molar-refractivity contribution in [2.45, 2.75) is 20.8 Å². The molecule has 8 heteroatoms. The molecule has 0 amide bonds. The van der Waals surface area contributed by atoms with E-state index in [9.17, 15) is 14.3 Å². The van der Waals surface area contributed by atoms with Crippen molar-refractivity contribution < 1.29 is 19.0 Å². The fraction of sp³-hybridized carbons (Fsp3) is 0.211. The highest BCUT2D eigenvalue weighted by atomic mass is 35.5. The van der Waals surface area contributed by atoms with E-state index in [0.29, 0.717) is 10.9 Å². The van der Waals surface area contributed by atoms with Gasteiger partial charge in [0.15, 0.2) is 17.3 Å². The minimum atomic E-state index is -0.750. The number of nitrogens with zero attached hydrogens (tertiary/aromatic N) is 2. The number of ether oxygens (including phenoxy) is 1. The molecule has 0 atom stereocenters. The number of nitrogens with one attached hydrogen (secondary N) is 1. The number of rotatable bonds is 3. The molecule has 3 rings (SSSR count). The molecular weight excluding hydrogens is 373 g/mol. The van der Waals surface area contributed by atoms with Crippen LogP contribution in [0.15, 0.2) is 36.7 Å². The first-order valence-electron chi connectivity index (χ1n) is 8.08. The number of benzene rings is 2. The third kappa shape index (κ3) is 3.93. The monoisotopic (exact) mass is 389 g/mol. The zero-order valence-electron chi connectivity index (χ0n) is 14.9. The number of phenolic OH excluding ortho intramolecular Hbond substituents is 1. The zero-order chi connectivity index (χ0) is 19.8. The molecule has 2 N–H and O–H groups in total. The number of aromatic hydroxyl groups is 1. The molecule has 3 aromatic rings. The summed E-state index contributed by atoms with van der Waals surface area (Å²) >= 11 is 5.81. The molecule has 0 bridgehead atoms. The van der Waals surface area contributed by atoms with Crippen molar-refractivity contribution in [3.05, 3.63) is 47.5 Å². The van der Waals surface area contributed by atoms with E-state index in [1.54, 1.807) is 26.8 Å². The third-order valence-electron chi connectivity index (χ3n) is 3.74. The van der Waals surface area contributed by atoms with E-state index in [0.717, 1.165) is 0 Å². The van der Waals surface area contributed by atoms with Crippen molar-refractivity contribution >= 4 is 40.0 Å². The summed E-state index contributed by atoms with van der Waals surface area (Å²) < 4.78 is 19.5. The van der Waals surface area contributed by atoms with Crippen molar-refractivity contribution in [1.82, 2.24) is 9.97 Å². The van der Waals surface area contributed by atoms with E-state index in [1.807, 2.05) is 0 Å². The number of hydrogen-bond acceptors (Lipinski definition) is 6. The number of phenols is 1. The summed E-state index contributed by atoms with van der Waals surface area (Å²) in [6.45, 7) is 5.10. The Balaban J connectivity index is 2.05. The van der Waals surface area contributed by atoms with Gasteiger partial charge in [-0.3, -0.25) is 4.79 Å². The van der Waals surface area contributed by atoms with E-state index >= 15 is 0 Å². The van der Waals surface area contributed by atoms with Gasteiger partial charge >= 0.3 is 5.97 Å². The Bertz CT molecular complexity index is 1030. The first-order valence-corrected chi connectivity index (χ1v) is 8.45. The number of aromatic nitrogens is 2. The Morgan fingerprint density at radius 2 is 2.00 bits per heavy atom. The third-order valence-corrected chi connectivity index (χ3v) is 4.03. The standard InChI is InChI=1S/C19H17ClFN3O3/c1-19(2,3)18(26)27-15-7-10-13(8-14(15)25)22-9-23-17(10)24-12-6-4-5-11(20)16(12)21/h4-9,25H,1-3H3,(H,22,23,24). The molecule has 2 aromatic carbocycles. The lowest BCUT2D eigenvalue weighted by molar-refractivity contribution is -0.143. The van der Waals surface area contributed by atoms with Gasteiger partial charge in [0.25, 0.3) is 0 Å². The van der Waals surface area contributed by atoms with Crippen molar-refractivity contribution in [2.24, 2.45) is 5.41 Å². The van der Waals surface area contributed by atoms with E-state index in [-0.39, 0.29) is 28.0 Å². The highest BCUT2D eigenvalue weighted by Crippen LogP contribution is 2.35. The lowest BCUT2D eigenvalue weighted by Gasteiger charge is -2.17. The second-order valence-electron chi connectivity index (χ2n) is 6.93. The van der Waals surface area contributed by atoms with Crippen LogP contribution in [0.25, 0.3) is 10.9 Å². The van der Waals surface area contributed by atoms with Crippen molar-refractivity contribution in [3.8, 4) is 11.5 Å². The molecule has 0 aliphatic heterocycles. The molecule has 1 aromatic heterocycles. The molecule has 27 heavy (non-hydrogen) atoms. The summed E-state index contributed by atoms with van der Waals surface area (Å²) in [5.74, 6) is -1.13. The number of fused-ring (bicyclic) bond motifs is 1. The molecule has 1 heterocycles. The minimum absolute atomic E-state index is 0.0317. The van der Waals surface area contributed by atoms with Crippen molar-refractivity contribution in [3.63, 3.8) is 0 Å². The SMILES string of the molecule is CC(C)(C)C(=O)Oc1cc2c(Nc3cccc(Cl)c3F)ncnc2cc1O. The number of esters is 1. The van der Waals surface area contributed by atoms with Crippen LogP contribution in [-0.2, 0) is 4.79 Å². The van der Waals surface area contributed by atoms with Gasteiger partial charge in [0, 0.05) is 11.5 Å². The normalized spacial score (nSPS) is 11.4. The van der Waals surface area contributed by atoms with Gasteiger partial charge < -0.3 is 15.2 Å². The van der Waals surface area contributed by atoms with Gasteiger partial charge in [-0.05, 0) is 39.0 Å². The van der Waals surface area contributed by atoms with Gasteiger partial charge in [-0.2, -0.15) is 0 Å². The Kier molecular flexibility index (Phi) is 4.89. The molecule has 0 radical (unpaired) electrons. The molecule has 140 valence electrons. The summed E-state index contributed by atoms with van der Waals surface area (Å²) in [4.78, 5) is 20.3. The summed E-state index contributed by atoms with van der Waals surface area (Å²) in [7, 11) is 0. The maximum Gasteiger partial charge on any atom is 0.316 e. The predicted molar refractivity (Wildman–Crippen MR) is 101 cm³/mol. The Hall–Kier alpha value is -2.93. The quantitative estimate of drug-likeness (QED) is 0.493. The van der Waals surface area contributed by atoms with Gasteiger partial charge in [-0.25, -0.2) is 14.4 Å². The van der Waals surface area contributed by atoms with E-state index < -0.39 is 17.2 Å². The average Bonchev–Trinajstić information content (AvgIpc) is 2.59. The lowest BCUT2D eigenvalue weighted by atomic mass is 9.97. The highest BCUT2D eigenvalue weighted by Gasteiger charge is 2.25. The molecule has 6 nitrogen and oxygen atoms in total. The summed E-state index contributed by atoms with van der Waals surface area (Å²) in [6.07, 6.45) is 1.27. The van der Waals surface area contributed by atoms with Gasteiger partial charge in [0.2, 0.25) is 0 Å². The molecule has 0 unspecified atom stereocenters. The predicted octanol–water partition coefficient (Wildman–Crippen LogP) is 4.82. The van der Waals surface area contributed by atoms with Crippen LogP contribution >= 0.6 is 11.6 Å². The highest BCUT2D eigenvalue weighted by molar-refractivity contribution is 6.31. The van der Waals surface area contributed by atoms with E-state index in [1.165, 1.54) is 30.6 Å². The van der Waals surface area contributed by atoms with Crippen LogP contribution in [0, 0.1) is 11.2 Å². The van der Waals surface area contributed by atoms with Gasteiger partial charge in [-0.15, -0.1) is 0 Å². The van der Waals surface area contributed by atoms with Gasteiger partial charge in [-0.1, -0.05) is 17.7 Å². The van der Waals surface area contributed by atoms with E-state index in [2.05, 4.69) is 15.3 Å². The summed E-state index contributed by atoms with van der Waals surface area (Å²) in [5, 5.41) is 13.4. The van der Waals surface area contributed by atoms with Gasteiger partial charge in [0.1, 0.15) is 12.1 Å². The number of halogens is 2.